The Hall–Kier alpha value is -2.07. The summed E-state index contributed by atoms with van der Waals surface area (Å²) < 4.78 is 42.5. The van der Waals surface area contributed by atoms with Gasteiger partial charge in [0.25, 0.3) is 5.91 Å². The number of thioether (sulfide) groups is 1. The number of hydrogen-bond acceptors (Lipinski definition) is 6. The molecular formula is C16H17F3N4O2S. The Bertz CT molecular complexity index is 756. The Balaban J connectivity index is 1.60. The van der Waals surface area contributed by atoms with Crippen molar-refractivity contribution in [3.8, 4) is 0 Å². The van der Waals surface area contributed by atoms with E-state index in [0.717, 1.165) is 25.9 Å². The monoisotopic (exact) mass is 386 g/mol. The van der Waals surface area contributed by atoms with Crippen LogP contribution in [-0.2, 0) is 0 Å². The molecule has 1 aromatic carbocycles. The predicted octanol–water partition coefficient (Wildman–Crippen LogP) is 3.74. The maximum Gasteiger partial charge on any atom is 0.446 e. The van der Waals surface area contributed by atoms with Crippen LogP contribution in [0.3, 0.4) is 0 Å². The summed E-state index contributed by atoms with van der Waals surface area (Å²) in [6, 6.07) is 5.10. The van der Waals surface area contributed by atoms with E-state index in [1.807, 2.05) is 7.05 Å². The van der Waals surface area contributed by atoms with Crippen LogP contribution in [0.5, 0.6) is 0 Å². The number of nitrogens with one attached hydrogen (secondary N) is 1. The van der Waals surface area contributed by atoms with Crippen molar-refractivity contribution in [1.82, 2.24) is 15.1 Å². The highest BCUT2D eigenvalue weighted by molar-refractivity contribution is 8.00. The molecule has 1 aliphatic heterocycles. The van der Waals surface area contributed by atoms with Gasteiger partial charge in [0.2, 0.25) is 5.89 Å². The fourth-order valence-electron chi connectivity index (χ4n) is 2.68. The molecule has 2 heterocycles. The second-order valence-corrected chi connectivity index (χ2v) is 7.19. The molecule has 1 amide bonds. The fourth-order valence-corrected chi connectivity index (χ4v) is 3.22. The first-order valence-corrected chi connectivity index (χ1v) is 8.81. The van der Waals surface area contributed by atoms with Crippen molar-refractivity contribution >= 4 is 23.7 Å². The second kappa shape index (κ2) is 7.67. The molecule has 3 rings (SSSR count). The van der Waals surface area contributed by atoms with Crippen LogP contribution in [0.25, 0.3) is 0 Å². The molecule has 0 bridgehead atoms. The second-order valence-electron chi connectivity index (χ2n) is 6.05. The Kier molecular flexibility index (Phi) is 5.52. The van der Waals surface area contributed by atoms with Gasteiger partial charge in [0, 0.05) is 16.4 Å². The van der Waals surface area contributed by atoms with E-state index in [0.29, 0.717) is 5.89 Å². The summed E-state index contributed by atoms with van der Waals surface area (Å²) in [4.78, 5) is 14.4. The van der Waals surface area contributed by atoms with Gasteiger partial charge in [0.15, 0.2) is 0 Å². The molecule has 0 radical (unpaired) electrons. The molecule has 6 nitrogen and oxygen atoms in total. The first-order valence-electron chi connectivity index (χ1n) is 7.99. The lowest BCUT2D eigenvalue weighted by Crippen LogP contribution is -2.29. The summed E-state index contributed by atoms with van der Waals surface area (Å²) in [6.45, 7) is 1.88. The molecule has 1 aromatic heterocycles. The number of benzene rings is 1. The maximum absolute atomic E-state index is 12.3. The van der Waals surface area contributed by atoms with Gasteiger partial charge in [-0.1, -0.05) is 5.10 Å². The highest BCUT2D eigenvalue weighted by Gasteiger charge is 2.29. The van der Waals surface area contributed by atoms with Crippen LogP contribution in [0.2, 0.25) is 0 Å². The molecular weight excluding hydrogens is 369 g/mol. The topological polar surface area (TPSA) is 71.3 Å². The number of carbonyl (C=O) groups excluding carboxylic acids is 1. The van der Waals surface area contributed by atoms with Crippen LogP contribution < -0.4 is 5.32 Å². The average Bonchev–Trinajstić information content (AvgIpc) is 3.03. The summed E-state index contributed by atoms with van der Waals surface area (Å²) in [5.74, 6) is 0.139. The fraction of sp³-hybridized carbons (Fsp3) is 0.438. The number of aromatic nitrogens is 2. The zero-order chi connectivity index (χ0) is 18.7. The Morgan fingerprint density at radius 3 is 2.50 bits per heavy atom. The molecule has 0 saturated carbocycles. The number of nitrogens with zero attached hydrogens (tertiary/aromatic N) is 3. The van der Waals surface area contributed by atoms with Crippen LogP contribution >= 0.6 is 11.8 Å². The van der Waals surface area contributed by atoms with E-state index in [4.69, 9.17) is 4.42 Å². The number of anilines is 1. The van der Waals surface area contributed by atoms with Crippen LogP contribution in [0, 0.1) is 0 Å². The lowest BCUT2D eigenvalue weighted by molar-refractivity contribution is -0.0328. The van der Waals surface area contributed by atoms with Crippen LogP contribution in [0.4, 0.5) is 19.2 Å². The summed E-state index contributed by atoms with van der Waals surface area (Å²) in [5.41, 5.74) is -4.16. The number of amides is 1. The van der Waals surface area contributed by atoms with Crippen LogP contribution in [0.1, 0.15) is 35.0 Å². The zero-order valence-electron chi connectivity index (χ0n) is 13.9. The first kappa shape index (κ1) is 18.7. The number of carbonyl (C=O) groups is 1. The van der Waals surface area contributed by atoms with Crippen molar-refractivity contribution in [2.75, 3.05) is 25.5 Å². The molecule has 0 aliphatic carbocycles. The number of piperidine rings is 1. The van der Waals surface area contributed by atoms with Crippen molar-refractivity contribution in [1.29, 1.82) is 0 Å². The molecule has 2 aromatic rings. The van der Waals surface area contributed by atoms with E-state index < -0.39 is 11.4 Å². The van der Waals surface area contributed by atoms with E-state index in [9.17, 15) is 18.0 Å². The van der Waals surface area contributed by atoms with Gasteiger partial charge in [-0.05, 0) is 69.0 Å². The smallest absolute Gasteiger partial charge is 0.408 e. The van der Waals surface area contributed by atoms with Gasteiger partial charge in [-0.3, -0.25) is 10.1 Å². The van der Waals surface area contributed by atoms with E-state index in [2.05, 4.69) is 20.4 Å². The molecule has 0 spiro atoms. The molecule has 1 aliphatic rings. The molecule has 10 heteroatoms. The minimum atomic E-state index is -4.36. The molecule has 1 fully saturated rings. The number of rotatable bonds is 4. The van der Waals surface area contributed by atoms with Gasteiger partial charge in [-0.25, -0.2) is 0 Å². The van der Waals surface area contributed by atoms with Gasteiger partial charge in [0.05, 0.1) is 0 Å². The van der Waals surface area contributed by atoms with Gasteiger partial charge in [-0.15, -0.1) is 5.10 Å². The summed E-state index contributed by atoms with van der Waals surface area (Å²) in [7, 11) is 2.05. The van der Waals surface area contributed by atoms with Crippen molar-refractivity contribution < 1.29 is 22.4 Å². The van der Waals surface area contributed by atoms with Gasteiger partial charge >= 0.3 is 11.5 Å². The van der Waals surface area contributed by atoms with Gasteiger partial charge in [0.1, 0.15) is 0 Å². The Morgan fingerprint density at radius 2 is 1.88 bits per heavy atom. The van der Waals surface area contributed by atoms with Crippen molar-refractivity contribution in [3.63, 3.8) is 0 Å². The molecule has 26 heavy (non-hydrogen) atoms. The minimum absolute atomic E-state index is 0.0105. The normalized spacial score (nSPS) is 16.6. The van der Waals surface area contributed by atoms with Crippen molar-refractivity contribution in [2.24, 2.45) is 0 Å². The summed E-state index contributed by atoms with van der Waals surface area (Å²) in [5, 5.41) is 10.3. The molecule has 0 unspecified atom stereocenters. The Labute approximate surface area is 152 Å². The highest BCUT2D eigenvalue weighted by Crippen LogP contribution is 2.36. The number of halogens is 3. The van der Waals surface area contributed by atoms with Gasteiger partial charge in [-0.2, -0.15) is 13.2 Å². The maximum atomic E-state index is 12.3. The zero-order valence-corrected chi connectivity index (χ0v) is 14.7. The first-order chi connectivity index (χ1) is 12.3. The summed E-state index contributed by atoms with van der Waals surface area (Å²) in [6.07, 6.45) is 1.81. The Morgan fingerprint density at radius 1 is 1.23 bits per heavy atom. The molecule has 1 saturated heterocycles. The van der Waals surface area contributed by atoms with Crippen LogP contribution in [0.15, 0.2) is 33.6 Å². The lowest BCUT2D eigenvalue weighted by Gasteiger charge is -2.26. The summed E-state index contributed by atoms with van der Waals surface area (Å²) >= 11 is -0.232. The molecule has 140 valence electrons. The largest absolute Gasteiger partial charge is 0.446 e. The number of alkyl halides is 3. The van der Waals surface area contributed by atoms with E-state index in [1.54, 1.807) is 0 Å². The van der Waals surface area contributed by atoms with Crippen LogP contribution in [-0.4, -0.2) is 46.6 Å². The number of likely N-dealkylation sites (tertiary alicyclic amines) is 1. The highest BCUT2D eigenvalue weighted by atomic mass is 32.2. The van der Waals surface area contributed by atoms with E-state index in [-0.39, 0.29) is 34.2 Å². The quantitative estimate of drug-likeness (QED) is 0.807. The van der Waals surface area contributed by atoms with Gasteiger partial charge < -0.3 is 9.32 Å². The average molecular weight is 386 g/mol. The standard InChI is InChI=1S/C16H17F3N4O2S/c1-23-8-6-11(7-9-23)14-21-22-15(25-14)20-13(24)10-2-4-12(5-3-10)26-16(17,18)19/h2-5,11H,6-9H2,1H3,(H,20,22,24). The minimum Gasteiger partial charge on any atom is -0.408 e. The third kappa shape index (κ3) is 4.98. The van der Waals surface area contributed by atoms with Crippen molar-refractivity contribution in [3.05, 3.63) is 35.7 Å². The molecule has 0 atom stereocenters. The predicted molar refractivity (Wildman–Crippen MR) is 90.1 cm³/mol. The third-order valence-corrected chi connectivity index (χ3v) is 4.82. The van der Waals surface area contributed by atoms with E-state index >= 15 is 0 Å². The molecule has 1 N–H and O–H groups in total. The number of hydrogen-bond donors (Lipinski definition) is 1. The SMILES string of the molecule is CN1CCC(c2nnc(NC(=O)c3ccc(SC(F)(F)F)cc3)o2)CC1. The third-order valence-electron chi connectivity index (χ3n) is 4.08. The lowest BCUT2D eigenvalue weighted by atomic mass is 9.97. The van der Waals surface area contributed by atoms with E-state index in [1.165, 1.54) is 24.3 Å². The van der Waals surface area contributed by atoms with Crippen molar-refractivity contribution in [2.45, 2.75) is 29.2 Å².